The van der Waals surface area contributed by atoms with Crippen LogP contribution < -0.4 is 10.2 Å². The molecule has 8 heteroatoms. The molecule has 3 aromatic carbocycles. The number of likely N-dealkylation sites (N-methyl/N-ethyl adjacent to an activating group) is 1. The van der Waals surface area contributed by atoms with Crippen molar-refractivity contribution < 1.29 is 4.79 Å². The molecule has 1 amide bonds. The maximum absolute atomic E-state index is 13.1. The van der Waals surface area contributed by atoms with Crippen molar-refractivity contribution in [3.63, 3.8) is 0 Å². The molecule has 2 heterocycles. The number of halogens is 3. The Hall–Kier alpha value is -2.70. The number of piperazine rings is 1. The molecule has 0 saturated carbocycles. The van der Waals surface area contributed by atoms with Gasteiger partial charge >= 0.3 is 0 Å². The van der Waals surface area contributed by atoms with Gasteiger partial charge in [0.25, 0.3) is 5.91 Å². The zero-order chi connectivity index (χ0) is 23.8. The third kappa shape index (κ3) is 4.89. The molecule has 34 heavy (non-hydrogen) atoms. The molecule has 1 fully saturated rings. The second kappa shape index (κ2) is 9.51. The van der Waals surface area contributed by atoms with Gasteiger partial charge in [0.15, 0.2) is 0 Å². The van der Waals surface area contributed by atoms with Gasteiger partial charge in [-0.15, -0.1) is 0 Å². The van der Waals surface area contributed by atoms with Crippen LogP contribution in [-0.4, -0.2) is 49.0 Å². The van der Waals surface area contributed by atoms with Crippen LogP contribution in [0.2, 0.25) is 15.1 Å². The number of anilines is 2. The number of carbonyl (C=O) groups is 1. The standard InChI is InChI=1S/C26H23Cl3N4O/c1-32-5-7-33(8-6-32)21-4-2-3-20(14-21)30-26(34)25-15-23-22(12-19(29)13-24(23)31-25)16-9-17(27)11-18(28)10-16/h2-4,9-15,31H,5-8H2,1H3,(H,30,34). The second-order valence-corrected chi connectivity index (χ2v) is 9.86. The van der Waals surface area contributed by atoms with Crippen molar-refractivity contribution >= 4 is 63.0 Å². The molecule has 4 aromatic rings. The van der Waals surface area contributed by atoms with Gasteiger partial charge in [0.05, 0.1) is 0 Å². The van der Waals surface area contributed by atoms with E-state index in [-0.39, 0.29) is 5.91 Å². The summed E-state index contributed by atoms with van der Waals surface area (Å²) in [5.74, 6) is -0.224. The van der Waals surface area contributed by atoms with E-state index in [1.54, 1.807) is 12.1 Å². The number of nitrogens with zero attached hydrogens (tertiary/aromatic N) is 2. The van der Waals surface area contributed by atoms with E-state index in [1.165, 1.54) is 0 Å². The summed E-state index contributed by atoms with van der Waals surface area (Å²) in [5.41, 5.74) is 4.73. The van der Waals surface area contributed by atoms with Crippen LogP contribution >= 0.6 is 34.8 Å². The van der Waals surface area contributed by atoms with Gasteiger partial charge in [-0.25, -0.2) is 0 Å². The lowest BCUT2D eigenvalue weighted by atomic mass is 10.0. The maximum Gasteiger partial charge on any atom is 0.272 e. The van der Waals surface area contributed by atoms with E-state index in [2.05, 4.69) is 33.2 Å². The van der Waals surface area contributed by atoms with E-state index in [0.29, 0.717) is 20.8 Å². The molecule has 2 N–H and O–H groups in total. The van der Waals surface area contributed by atoms with Gasteiger partial charge in [-0.05, 0) is 72.8 Å². The summed E-state index contributed by atoms with van der Waals surface area (Å²) in [7, 11) is 2.13. The van der Waals surface area contributed by atoms with Crippen molar-refractivity contribution in [1.29, 1.82) is 0 Å². The van der Waals surface area contributed by atoms with Crippen LogP contribution in [0.1, 0.15) is 10.5 Å². The maximum atomic E-state index is 13.1. The zero-order valence-corrected chi connectivity index (χ0v) is 20.8. The number of carbonyl (C=O) groups excluding carboxylic acids is 1. The molecule has 1 aliphatic rings. The number of aromatic amines is 1. The van der Waals surface area contributed by atoms with Crippen molar-refractivity contribution in [2.45, 2.75) is 0 Å². The third-order valence-corrected chi connectivity index (χ3v) is 6.75. The molecule has 1 saturated heterocycles. The lowest BCUT2D eigenvalue weighted by molar-refractivity contribution is 0.102. The fourth-order valence-corrected chi connectivity index (χ4v) is 5.06. The average Bonchev–Trinajstić information content (AvgIpc) is 3.23. The van der Waals surface area contributed by atoms with Crippen LogP contribution in [0.4, 0.5) is 11.4 Å². The van der Waals surface area contributed by atoms with Crippen LogP contribution in [0.25, 0.3) is 22.0 Å². The van der Waals surface area contributed by atoms with Crippen LogP contribution in [0, 0.1) is 0 Å². The van der Waals surface area contributed by atoms with E-state index in [4.69, 9.17) is 34.8 Å². The number of nitrogens with one attached hydrogen (secondary N) is 2. The predicted octanol–water partition coefficient (Wildman–Crippen LogP) is 6.80. The Bertz CT molecular complexity index is 1360. The van der Waals surface area contributed by atoms with Crippen LogP contribution in [0.3, 0.4) is 0 Å². The van der Waals surface area contributed by atoms with Crippen molar-refractivity contribution in [3.8, 4) is 11.1 Å². The SMILES string of the molecule is CN1CCN(c2cccc(NC(=O)c3cc4c(-c5cc(Cl)cc(Cl)c5)cc(Cl)cc4[nH]3)c2)CC1. The number of fused-ring (bicyclic) bond motifs is 1. The zero-order valence-electron chi connectivity index (χ0n) is 18.5. The lowest BCUT2D eigenvalue weighted by Gasteiger charge is -2.34. The second-order valence-electron chi connectivity index (χ2n) is 8.55. The lowest BCUT2D eigenvalue weighted by Crippen LogP contribution is -2.44. The molecule has 0 bridgehead atoms. The van der Waals surface area contributed by atoms with Crippen LogP contribution in [0.5, 0.6) is 0 Å². The number of hydrogen-bond donors (Lipinski definition) is 2. The molecule has 1 aliphatic heterocycles. The minimum absolute atomic E-state index is 0.224. The summed E-state index contributed by atoms with van der Waals surface area (Å²) in [5, 5.41) is 5.49. The fraction of sp³-hybridized carbons (Fsp3) is 0.192. The van der Waals surface area contributed by atoms with Crippen molar-refractivity contribution in [2.24, 2.45) is 0 Å². The van der Waals surface area contributed by atoms with Crippen molar-refractivity contribution in [2.75, 3.05) is 43.4 Å². The largest absolute Gasteiger partial charge is 0.369 e. The minimum atomic E-state index is -0.224. The van der Waals surface area contributed by atoms with E-state index in [9.17, 15) is 4.79 Å². The molecule has 0 aliphatic carbocycles. The Labute approximate surface area is 213 Å². The molecule has 5 nitrogen and oxygen atoms in total. The normalized spacial score (nSPS) is 14.5. The minimum Gasteiger partial charge on any atom is -0.369 e. The van der Waals surface area contributed by atoms with Gasteiger partial charge in [-0.1, -0.05) is 40.9 Å². The Kier molecular flexibility index (Phi) is 6.45. The molecule has 0 spiro atoms. The van der Waals surface area contributed by atoms with Crippen molar-refractivity contribution in [1.82, 2.24) is 9.88 Å². The number of amides is 1. The first-order chi connectivity index (χ1) is 16.4. The molecular formula is C26H23Cl3N4O. The Balaban J connectivity index is 1.43. The van der Waals surface area contributed by atoms with E-state index >= 15 is 0 Å². The third-order valence-electron chi connectivity index (χ3n) is 6.09. The van der Waals surface area contributed by atoms with Gasteiger partial charge in [-0.2, -0.15) is 0 Å². The molecule has 174 valence electrons. The molecule has 0 unspecified atom stereocenters. The highest BCUT2D eigenvalue weighted by Crippen LogP contribution is 2.35. The highest BCUT2D eigenvalue weighted by Gasteiger charge is 2.17. The highest BCUT2D eigenvalue weighted by atomic mass is 35.5. The average molecular weight is 514 g/mol. The molecule has 0 radical (unpaired) electrons. The summed E-state index contributed by atoms with van der Waals surface area (Å²) in [4.78, 5) is 21.0. The Morgan fingerprint density at radius 1 is 0.882 bits per heavy atom. The molecular weight excluding hydrogens is 491 g/mol. The quantitative estimate of drug-likeness (QED) is 0.315. The predicted molar refractivity (Wildman–Crippen MR) is 143 cm³/mol. The molecule has 0 atom stereocenters. The topological polar surface area (TPSA) is 51.4 Å². The van der Waals surface area contributed by atoms with E-state index in [1.807, 2.05) is 42.5 Å². The van der Waals surface area contributed by atoms with E-state index < -0.39 is 0 Å². The summed E-state index contributed by atoms with van der Waals surface area (Å²) in [6.45, 7) is 3.97. The monoisotopic (exact) mass is 512 g/mol. The van der Waals surface area contributed by atoms with Gasteiger partial charge in [0.2, 0.25) is 0 Å². The summed E-state index contributed by atoms with van der Waals surface area (Å²) in [6.07, 6.45) is 0. The number of rotatable bonds is 4. The Morgan fingerprint density at radius 3 is 2.32 bits per heavy atom. The molecule has 5 rings (SSSR count). The highest BCUT2D eigenvalue weighted by molar-refractivity contribution is 6.35. The first kappa shape index (κ1) is 23.1. The first-order valence-corrected chi connectivity index (χ1v) is 12.1. The van der Waals surface area contributed by atoms with Gasteiger partial charge < -0.3 is 20.1 Å². The number of H-pyrrole nitrogens is 1. The first-order valence-electron chi connectivity index (χ1n) is 11.0. The smallest absolute Gasteiger partial charge is 0.272 e. The summed E-state index contributed by atoms with van der Waals surface area (Å²) < 4.78 is 0. The Morgan fingerprint density at radius 2 is 1.59 bits per heavy atom. The number of aromatic nitrogens is 1. The van der Waals surface area contributed by atoms with E-state index in [0.717, 1.165) is 59.6 Å². The number of benzene rings is 3. The van der Waals surface area contributed by atoms with Gasteiger partial charge in [0, 0.05) is 63.5 Å². The summed E-state index contributed by atoms with van der Waals surface area (Å²) in [6, 6.07) is 18.8. The fourth-order valence-electron chi connectivity index (χ4n) is 4.32. The van der Waals surface area contributed by atoms with Crippen LogP contribution in [0.15, 0.2) is 60.7 Å². The van der Waals surface area contributed by atoms with Crippen molar-refractivity contribution in [3.05, 3.63) is 81.4 Å². The van der Waals surface area contributed by atoms with Gasteiger partial charge in [0.1, 0.15) is 5.69 Å². The molecule has 1 aromatic heterocycles. The number of hydrogen-bond acceptors (Lipinski definition) is 3. The van der Waals surface area contributed by atoms with Crippen LogP contribution in [-0.2, 0) is 0 Å². The van der Waals surface area contributed by atoms with Gasteiger partial charge in [-0.3, -0.25) is 4.79 Å². The summed E-state index contributed by atoms with van der Waals surface area (Å²) >= 11 is 18.8.